The number of rotatable bonds is 7. The highest BCUT2D eigenvalue weighted by Crippen LogP contribution is 2.05. The molecule has 0 saturated carbocycles. The summed E-state index contributed by atoms with van der Waals surface area (Å²) < 4.78 is 0. The van der Waals surface area contributed by atoms with E-state index in [0.29, 0.717) is 0 Å². The molecule has 0 spiro atoms. The molecule has 2 nitrogen and oxygen atoms in total. The van der Waals surface area contributed by atoms with Crippen LogP contribution in [0.4, 0.5) is 0 Å². The van der Waals surface area contributed by atoms with Gasteiger partial charge < -0.3 is 9.80 Å². The number of hydrogen-bond acceptors (Lipinski definition) is 2. The molecule has 0 aromatic heterocycles. The van der Waals surface area contributed by atoms with Gasteiger partial charge in [-0.1, -0.05) is 13.8 Å². The summed E-state index contributed by atoms with van der Waals surface area (Å²) in [6.45, 7) is 6.96. The molecule has 0 fully saturated rings. The maximum Gasteiger partial charge on any atom is 0.00987 e. The van der Waals surface area contributed by atoms with Gasteiger partial charge in [0.2, 0.25) is 0 Å². The fourth-order valence-electron chi connectivity index (χ4n) is 1.69. The van der Waals surface area contributed by atoms with Crippen molar-refractivity contribution in [3.05, 3.63) is 0 Å². The Morgan fingerprint density at radius 3 is 2.00 bits per heavy atom. The van der Waals surface area contributed by atoms with Crippen LogP contribution in [0.3, 0.4) is 0 Å². The van der Waals surface area contributed by atoms with E-state index in [1.165, 1.54) is 32.4 Å². The molecule has 0 aromatic rings. The van der Waals surface area contributed by atoms with Gasteiger partial charge in [-0.05, 0) is 53.5 Å². The molecule has 0 aliphatic rings. The molecule has 13 heavy (non-hydrogen) atoms. The normalized spacial score (nSPS) is 14.1. The highest BCUT2D eigenvalue weighted by atomic mass is 15.1. The predicted octanol–water partition coefficient (Wildman–Crippen LogP) is 2.06. The first-order chi connectivity index (χ1) is 6.11. The average molecular weight is 186 g/mol. The molecule has 2 heteroatoms. The van der Waals surface area contributed by atoms with E-state index in [1.54, 1.807) is 0 Å². The Hall–Kier alpha value is -0.0800. The minimum absolute atomic E-state index is 0.749. The van der Waals surface area contributed by atoms with E-state index in [-0.39, 0.29) is 0 Å². The Kier molecular flexibility index (Phi) is 7.29. The van der Waals surface area contributed by atoms with Crippen LogP contribution in [0.1, 0.15) is 33.1 Å². The van der Waals surface area contributed by atoms with Gasteiger partial charge >= 0.3 is 0 Å². The monoisotopic (exact) mass is 186 g/mol. The van der Waals surface area contributed by atoms with Crippen molar-refractivity contribution in [3.63, 3.8) is 0 Å². The van der Waals surface area contributed by atoms with E-state index in [1.807, 2.05) is 0 Å². The molecule has 0 rings (SSSR count). The van der Waals surface area contributed by atoms with E-state index in [9.17, 15) is 0 Å². The summed E-state index contributed by atoms with van der Waals surface area (Å²) in [5, 5.41) is 0. The predicted molar refractivity (Wildman–Crippen MR) is 60.2 cm³/mol. The second-order valence-electron chi connectivity index (χ2n) is 4.12. The summed E-state index contributed by atoms with van der Waals surface area (Å²) in [6.07, 6.45) is 3.81. The molecule has 0 N–H and O–H groups in total. The van der Waals surface area contributed by atoms with Crippen LogP contribution < -0.4 is 0 Å². The SMILES string of the molecule is CCCN(C)CCC(CC)N(C)C. The Balaban J connectivity index is 3.59. The van der Waals surface area contributed by atoms with Gasteiger partial charge in [0, 0.05) is 6.04 Å². The lowest BCUT2D eigenvalue weighted by Crippen LogP contribution is -2.32. The third-order valence-electron chi connectivity index (χ3n) is 2.65. The van der Waals surface area contributed by atoms with Crippen molar-refractivity contribution in [2.45, 2.75) is 39.2 Å². The topological polar surface area (TPSA) is 6.48 Å². The van der Waals surface area contributed by atoms with Crippen LogP contribution in [-0.2, 0) is 0 Å². The molecule has 0 aliphatic heterocycles. The Morgan fingerprint density at radius 1 is 1.00 bits per heavy atom. The molecule has 1 unspecified atom stereocenters. The standard InChI is InChI=1S/C11H26N2/c1-6-9-13(5)10-8-11(7-2)12(3)4/h11H,6-10H2,1-5H3. The first-order valence-electron chi connectivity index (χ1n) is 5.46. The van der Waals surface area contributed by atoms with Gasteiger partial charge in [-0.3, -0.25) is 0 Å². The quantitative estimate of drug-likeness (QED) is 0.600. The Bertz CT molecular complexity index is 113. The van der Waals surface area contributed by atoms with Gasteiger partial charge in [-0.2, -0.15) is 0 Å². The lowest BCUT2D eigenvalue weighted by atomic mass is 10.1. The van der Waals surface area contributed by atoms with Gasteiger partial charge in [0.1, 0.15) is 0 Å². The molecule has 1 atom stereocenters. The van der Waals surface area contributed by atoms with Crippen LogP contribution >= 0.6 is 0 Å². The van der Waals surface area contributed by atoms with E-state index in [0.717, 1.165) is 6.04 Å². The van der Waals surface area contributed by atoms with Crippen molar-refractivity contribution in [3.8, 4) is 0 Å². The molecule has 0 aliphatic carbocycles. The Morgan fingerprint density at radius 2 is 1.62 bits per heavy atom. The zero-order chi connectivity index (χ0) is 10.3. The van der Waals surface area contributed by atoms with Crippen molar-refractivity contribution in [2.24, 2.45) is 0 Å². The summed E-state index contributed by atoms with van der Waals surface area (Å²) in [6, 6.07) is 0.749. The van der Waals surface area contributed by atoms with Crippen LogP contribution in [0.15, 0.2) is 0 Å². The van der Waals surface area contributed by atoms with Gasteiger partial charge in [0.05, 0.1) is 0 Å². The van der Waals surface area contributed by atoms with E-state index in [2.05, 4.69) is 44.8 Å². The van der Waals surface area contributed by atoms with Crippen molar-refractivity contribution in [2.75, 3.05) is 34.2 Å². The maximum absolute atomic E-state index is 2.42. The average Bonchev–Trinajstić information content (AvgIpc) is 2.05. The number of nitrogens with zero attached hydrogens (tertiary/aromatic N) is 2. The third kappa shape index (κ3) is 6.05. The third-order valence-corrected chi connectivity index (χ3v) is 2.65. The summed E-state index contributed by atoms with van der Waals surface area (Å²) in [4.78, 5) is 4.76. The van der Waals surface area contributed by atoms with Crippen LogP contribution in [-0.4, -0.2) is 50.1 Å². The largest absolute Gasteiger partial charge is 0.306 e. The molecule has 0 heterocycles. The van der Waals surface area contributed by atoms with Gasteiger partial charge in [-0.25, -0.2) is 0 Å². The second-order valence-corrected chi connectivity index (χ2v) is 4.12. The van der Waals surface area contributed by atoms with Gasteiger partial charge in [-0.15, -0.1) is 0 Å². The molecular weight excluding hydrogens is 160 g/mol. The molecule has 0 saturated heterocycles. The molecule has 0 amide bonds. The Labute approximate surface area is 83.9 Å². The molecule has 0 radical (unpaired) electrons. The zero-order valence-corrected chi connectivity index (χ0v) is 10.0. The van der Waals surface area contributed by atoms with Crippen LogP contribution in [0.5, 0.6) is 0 Å². The zero-order valence-electron chi connectivity index (χ0n) is 10.0. The van der Waals surface area contributed by atoms with Crippen molar-refractivity contribution >= 4 is 0 Å². The summed E-state index contributed by atoms with van der Waals surface area (Å²) in [7, 11) is 6.56. The van der Waals surface area contributed by atoms with E-state index in [4.69, 9.17) is 0 Å². The van der Waals surface area contributed by atoms with Gasteiger partial charge in [0.15, 0.2) is 0 Å². The summed E-state index contributed by atoms with van der Waals surface area (Å²) in [5.74, 6) is 0. The van der Waals surface area contributed by atoms with Crippen LogP contribution in [0, 0.1) is 0 Å². The number of hydrogen-bond donors (Lipinski definition) is 0. The van der Waals surface area contributed by atoms with E-state index >= 15 is 0 Å². The van der Waals surface area contributed by atoms with Crippen molar-refractivity contribution in [1.82, 2.24) is 9.80 Å². The lowest BCUT2D eigenvalue weighted by Gasteiger charge is -2.25. The fourth-order valence-corrected chi connectivity index (χ4v) is 1.69. The maximum atomic E-state index is 2.42. The second kappa shape index (κ2) is 7.34. The van der Waals surface area contributed by atoms with Crippen molar-refractivity contribution in [1.29, 1.82) is 0 Å². The fraction of sp³-hybridized carbons (Fsp3) is 1.00. The summed E-state index contributed by atoms with van der Waals surface area (Å²) in [5.41, 5.74) is 0. The highest BCUT2D eigenvalue weighted by molar-refractivity contribution is 4.65. The molecular formula is C11H26N2. The van der Waals surface area contributed by atoms with Crippen LogP contribution in [0.25, 0.3) is 0 Å². The molecule has 0 bridgehead atoms. The van der Waals surface area contributed by atoms with Gasteiger partial charge in [0.25, 0.3) is 0 Å². The highest BCUT2D eigenvalue weighted by Gasteiger charge is 2.08. The van der Waals surface area contributed by atoms with E-state index < -0.39 is 0 Å². The lowest BCUT2D eigenvalue weighted by molar-refractivity contribution is 0.231. The first-order valence-corrected chi connectivity index (χ1v) is 5.46. The minimum atomic E-state index is 0.749. The smallest absolute Gasteiger partial charge is 0.00987 e. The van der Waals surface area contributed by atoms with Crippen LogP contribution in [0.2, 0.25) is 0 Å². The van der Waals surface area contributed by atoms with Crippen molar-refractivity contribution < 1.29 is 0 Å². The summed E-state index contributed by atoms with van der Waals surface area (Å²) >= 11 is 0. The minimum Gasteiger partial charge on any atom is -0.306 e. The first kappa shape index (κ1) is 12.9. The molecule has 0 aromatic carbocycles. The molecule has 80 valence electrons.